The zero-order valence-electron chi connectivity index (χ0n) is 14.2. The topological polar surface area (TPSA) is 36.9 Å². The van der Waals surface area contributed by atoms with Crippen LogP contribution in [0.15, 0.2) is 27.7 Å². The third kappa shape index (κ3) is 6.84. The third-order valence-electron chi connectivity index (χ3n) is 3.81. The first-order chi connectivity index (χ1) is 11.1. The molecule has 24 heavy (non-hydrogen) atoms. The van der Waals surface area contributed by atoms with Gasteiger partial charge in [0.05, 0.1) is 12.6 Å². The molecule has 0 spiro atoms. The van der Waals surface area contributed by atoms with Gasteiger partial charge in [-0.2, -0.15) is 0 Å². The van der Waals surface area contributed by atoms with Crippen LogP contribution in [0.1, 0.15) is 32.3 Å². The minimum absolute atomic E-state index is 0. The van der Waals surface area contributed by atoms with Gasteiger partial charge in [-0.25, -0.2) is 9.38 Å². The van der Waals surface area contributed by atoms with Gasteiger partial charge in [0.15, 0.2) is 5.96 Å². The van der Waals surface area contributed by atoms with E-state index >= 15 is 0 Å². The number of halogens is 3. The lowest BCUT2D eigenvalue weighted by atomic mass is 10.1. The highest BCUT2D eigenvalue weighted by atomic mass is 127. The molecule has 0 amide bonds. The van der Waals surface area contributed by atoms with E-state index in [4.69, 9.17) is 4.74 Å². The molecule has 1 aromatic rings. The van der Waals surface area contributed by atoms with E-state index in [0.29, 0.717) is 12.6 Å². The van der Waals surface area contributed by atoms with Crippen molar-refractivity contribution in [2.45, 2.75) is 39.3 Å². The molecule has 0 unspecified atom stereocenters. The van der Waals surface area contributed by atoms with Crippen molar-refractivity contribution in [1.29, 1.82) is 0 Å². The van der Waals surface area contributed by atoms with E-state index in [1.165, 1.54) is 12.1 Å². The Labute approximate surface area is 169 Å². The van der Waals surface area contributed by atoms with Gasteiger partial charge in [-0.15, -0.1) is 24.0 Å². The van der Waals surface area contributed by atoms with Crippen LogP contribution in [0.25, 0.3) is 0 Å². The molecule has 7 heteroatoms. The summed E-state index contributed by atoms with van der Waals surface area (Å²) in [6, 6.07) is 4.88. The molecule has 0 radical (unpaired) electrons. The Morgan fingerprint density at radius 3 is 2.62 bits per heavy atom. The number of nitrogens with zero attached hydrogens (tertiary/aromatic N) is 2. The zero-order chi connectivity index (χ0) is 16.7. The normalized spacial score (nSPS) is 16.0. The van der Waals surface area contributed by atoms with E-state index in [0.717, 1.165) is 55.1 Å². The molecule has 2 rings (SSSR count). The molecule has 0 bridgehead atoms. The number of piperidine rings is 1. The average Bonchev–Trinajstić information content (AvgIpc) is 2.52. The van der Waals surface area contributed by atoms with E-state index in [1.807, 2.05) is 13.0 Å². The molecule has 1 fully saturated rings. The minimum atomic E-state index is -0.243. The van der Waals surface area contributed by atoms with Gasteiger partial charge >= 0.3 is 0 Å². The summed E-state index contributed by atoms with van der Waals surface area (Å²) in [5.41, 5.74) is 0.858. The maximum Gasteiger partial charge on any atom is 0.194 e. The summed E-state index contributed by atoms with van der Waals surface area (Å²) in [6.07, 6.45) is 2.39. The smallest absolute Gasteiger partial charge is 0.194 e. The number of likely N-dealkylation sites (tertiary alicyclic amines) is 1. The summed E-state index contributed by atoms with van der Waals surface area (Å²) in [6.45, 7) is 8.01. The fourth-order valence-corrected chi connectivity index (χ4v) is 3.28. The second-order valence-corrected chi connectivity index (χ2v) is 6.51. The number of nitrogens with one attached hydrogen (secondary N) is 1. The maximum absolute atomic E-state index is 13.5. The Hall–Kier alpha value is -0.410. The van der Waals surface area contributed by atoms with Crippen LogP contribution < -0.4 is 5.32 Å². The summed E-state index contributed by atoms with van der Waals surface area (Å²) in [5, 5.41) is 3.33. The molecule has 1 aliphatic heterocycles. The Balaban J connectivity index is 0.00000288. The summed E-state index contributed by atoms with van der Waals surface area (Å²) in [7, 11) is 0. The first kappa shape index (κ1) is 21.6. The van der Waals surface area contributed by atoms with Gasteiger partial charge in [-0.05, 0) is 50.5 Å². The van der Waals surface area contributed by atoms with Gasteiger partial charge in [-0.3, -0.25) is 0 Å². The largest absolute Gasteiger partial charge is 0.378 e. The molecule has 0 aliphatic carbocycles. The van der Waals surface area contributed by atoms with Gasteiger partial charge in [0, 0.05) is 30.7 Å². The fraction of sp³-hybridized carbons (Fsp3) is 0.588. The van der Waals surface area contributed by atoms with Crippen molar-refractivity contribution in [2.75, 3.05) is 26.2 Å². The maximum atomic E-state index is 13.5. The molecule has 1 heterocycles. The van der Waals surface area contributed by atoms with E-state index in [2.05, 4.69) is 38.1 Å². The highest BCUT2D eigenvalue weighted by molar-refractivity contribution is 14.0. The van der Waals surface area contributed by atoms with Gasteiger partial charge < -0.3 is 15.0 Å². The lowest BCUT2D eigenvalue weighted by molar-refractivity contribution is 0.0263. The van der Waals surface area contributed by atoms with Crippen LogP contribution in [-0.2, 0) is 11.3 Å². The molecular weight excluding hydrogens is 488 g/mol. The van der Waals surface area contributed by atoms with Crippen molar-refractivity contribution < 1.29 is 9.13 Å². The van der Waals surface area contributed by atoms with E-state index < -0.39 is 0 Å². The lowest BCUT2D eigenvalue weighted by Gasteiger charge is -2.34. The van der Waals surface area contributed by atoms with Crippen LogP contribution in [0.2, 0.25) is 0 Å². The Kier molecular flexibility index (Phi) is 10.1. The van der Waals surface area contributed by atoms with Crippen LogP contribution in [-0.4, -0.2) is 43.2 Å². The molecule has 136 valence electrons. The van der Waals surface area contributed by atoms with Crippen molar-refractivity contribution in [3.8, 4) is 0 Å². The molecule has 1 saturated heterocycles. The van der Waals surface area contributed by atoms with Gasteiger partial charge in [0.25, 0.3) is 0 Å². The SMILES string of the molecule is CCNC(=NCc1cc(F)cc(Br)c1)N1CCC(OCC)CC1.I. The minimum Gasteiger partial charge on any atom is -0.378 e. The van der Waals surface area contributed by atoms with Crippen molar-refractivity contribution >= 4 is 45.9 Å². The summed E-state index contributed by atoms with van der Waals surface area (Å²) in [5.74, 6) is 0.648. The Morgan fingerprint density at radius 2 is 2.04 bits per heavy atom. The molecule has 1 aromatic carbocycles. The second kappa shape index (κ2) is 11.3. The van der Waals surface area contributed by atoms with Crippen LogP contribution >= 0.6 is 39.9 Å². The van der Waals surface area contributed by atoms with Crippen molar-refractivity contribution in [1.82, 2.24) is 10.2 Å². The molecule has 0 saturated carbocycles. The van der Waals surface area contributed by atoms with Crippen LogP contribution in [0.3, 0.4) is 0 Å². The number of guanidine groups is 1. The number of benzene rings is 1. The third-order valence-corrected chi connectivity index (χ3v) is 4.27. The predicted molar refractivity (Wildman–Crippen MR) is 111 cm³/mol. The predicted octanol–water partition coefficient (Wildman–Crippen LogP) is 4.17. The summed E-state index contributed by atoms with van der Waals surface area (Å²) in [4.78, 5) is 6.92. The van der Waals surface area contributed by atoms with Gasteiger partial charge in [-0.1, -0.05) is 15.9 Å². The first-order valence-corrected chi connectivity index (χ1v) is 9.01. The summed E-state index contributed by atoms with van der Waals surface area (Å²) >= 11 is 3.32. The van der Waals surface area contributed by atoms with Crippen molar-refractivity contribution in [3.63, 3.8) is 0 Å². The summed E-state index contributed by atoms with van der Waals surface area (Å²) < 4.78 is 19.9. The van der Waals surface area contributed by atoms with E-state index in [-0.39, 0.29) is 29.8 Å². The highest BCUT2D eigenvalue weighted by Crippen LogP contribution is 2.17. The van der Waals surface area contributed by atoms with Crippen molar-refractivity contribution in [2.24, 2.45) is 4.99 Å². The second-order valence-electron chi connectivity index (χ2n) is 5.59. The standard InChI is InChI=1S/C17H25BrFN3O.HI/c1-3-20-17(22-7-5-16(6-8-22)23-4-2)21-12-13-9-14(18)11-15(19)10-13;/h9-11,16H,3-8,12H2,1-2H3,(H,20,21);1H. The molecule has 0 atom stereocenters. The average molecular weight is 514 g/mol. The van der Waals surface area contributed by atoms with Crippen molar-refractivity contribution in [3.05, 3.63) is 34.1 Å². The molecule has 4 nitrogen and oxygen atoms in total. The van der Waals surface area contributed by atoms with E-state index in [1.54, 1.807) is 0 Å². The van der Waals surface area contributed by atoms with Gasteiger partial charge in [0.2, 0.25) is 0 Å². The monoisotopic (exact) mass is 513 g/mol. The fourth-order valence-electron chi connectivity index (χ4n) is 2.76. The lowest BCUT2D eigenvalue weighted by Crippen LogP contribution is -2.47. The molecule has 0 aromatic heterocycles. The number of aliphatic imine (C=N–C) groups is 1. The molecule has 1 aliphatic rings. The zero-order valence-corrected chi connectivity index (χ0v) is 18.1. The number of rotatable bonds is 5. The quantitative estimate of drug-likeness (QED) is 0.364. The number of hydrogen-bond donors (Lipinski definition) is 1. The molecular formula is C17H26BrFIN3O. The van der Waals surface area contributed by atoms with E-state index in [9.17, 15) is 4.39 Å². The van der Waals surface area contributed by atoms with Gasteiger partial charge in [0.1, 0.15) is 5.82 Å². The first-order valence-electron chi connectivity index (χ1n) is 8.22. The highest BCUT2D eigenvalue weighted by Gasteiger charge is 2.21. The van der Waals surface area contributed by atoms with Crippen LogP contribution in [0.5, 0.6) is 0 Å². The van der Waals surface area contributed by atoms with Crippen LogP contribution in [0.4, 0.5) is 4.39 Å². The number of hydrogen-bond acceptors (Lipinski definition) is 2. The molecule has 1 N–H and O–H groups in total. The Morgan fingerprint density at radius 1 is 1.33 bits per heavy atom. The van der Waals surface area contributed by atoms with Crippen LogP contribution in [0, 0.1) is 5.82 Å². The number of ether oxygens (including phenoxy) is 1. The Bertz CT molecular complexity index is 516.